The number of nitrogens with zero attached hydrogens (tertiary/aromatic N) is 3. The van der Waals surface area contributed by atoms with E-state index < -0.39 is 0 Å². The first-order valence-corrected chi connectivity index (χ1v) is 5.84. The van der Waals surface area contributed by atoms with Crippen LogP contribution in [0.15, 0.2) is 30.6 Å². The number of halogens is 1. The highest BCUT2D eigenvalue weighted by atomic mass is 35.5. The summed E-state index contributed by atoms with van der Waals surface area (Å²) in [5, 5.41) is 7.88. The van der Waals surface area contributed by atoms with Crippen LogP contribution in [0.1, 0.15) is 25.3 Å². The van der Waals surface area contributed by atoms with E-state index in [0.29, 0.717) is 5.28 Å². The van der Waals surface area contributed by atoms with Crippen molar-refractivity contribution in [1.82, 2.24) is 14.8 Å². The van der Waals surface area contributed by atoms with Crippen molar-refractivity contribution in [2.24, 2.45) is 0 Å². The van der Waals surface area contributed by atoms with E-state index in [1.165, 1.54) is 18.4 Å². The summed E-state index contributed by atoms with van der Waals surface area (Å²) in [6.07, 6.45) is 5.20. The van der Waals surface area contributed by atoms with Gasteiger partial charge in [0.2, 0.25) is 5.28 Å². The number of hydrogen-bond donors (Lipinski definition) is 0. The van der Waals surface area contributed by atoms with Crippen LogP contribution in [0.25, 0.3) is 5.69 Å². The van der Waals surface area contributed by atoms with Crippen molar-refractivity contribution in [3.8, 4) is 5.69 Å². The average Bonchev–Trinajstić information content (AvgIpc) is 2.74. The van der Waals surface area contributed by atoms with Crippen molar-refractivity contribution in [2.75, 3.05) is 0 Å². The minimum atomic E-state index is 0.390. The Balaban J connectivity index is 2.16. The number of aryl methyl sites for hydroxylation is 1. The Morgan fingerprint density at radius 3 is 2.56 bits per heavy atom. The smallest absolute Gasteiger partial charge is 0.229 e. The Labute approximate surface area is 100 Å². The molecule has 1 heterocycles. The summed E-state index contributed by atoms with van der Waals surface area (Å²) in [6.45, 7) is 2.20. The molecule has 0 unspecified atom stereocenters. The molecular formula is C12H14ClN3. The number of rotatable bonds is 4. The lowest BCUT2D eigenvalue weighted by atomic mass is 10.1. The summed E-state index contributed by atoms with van der Waals surface area (Å²) < 4.78 is 1.76. The second-order valence-corrected chi connectivity index (χ2v) is 4.08. The SMILES string of the molecule is CCCCc1ccc(-n2cnnc2Cl)cc1. The lowest BCUT2D eigenvalue weighted by Crippen LogP contribution is -1.93. The van der Waals surface area contributed by atoms with Gasteiger partial charge in [0, 0.05) is 5.69 Å². The molecule has 0 aliphatic rings. The van der Waals surface area contributed by atoms with E-state index in [1.807, 2.05) is 12.1 Å². The highest BCUT2D eigenvalue weighted by Crippen LogP contribution is 2.15. The maximum atomic E-state index is 5.89. The maximum absolute atomic E-state index is 5.89. The van der Waals surface area contributed by atoms with E-state index in [-0.39, 0.29) is 0 Å². The van der Waals surface area contributed by atoms with Gasteiger partial charge >= 0.3 is 0 Å². The summed E-state index contributed by atoms with van der Waals surface area (Å²) in [5.41, 5.74) is 2.35. The highest BCUT2D eigenvalue weighted by molar-refractivity contribution is 6.28. The number of unbranched alkanes of at least 4 members (excludes halogenated alkanes) is 1. The van der Waals surface area contributed by atoms with Crippen LogP contribution in [0.2, 0.25) is 5.28 Å². The molecule has 2 aromatic rings. The lowest BCUT2D eigenvalue weighted by Gasteiger charge is -2.04. The molecule has 0 atom stereocenters. The van der Waals surface area contributed by atoms with Crippen LogP contribution in [0.3, 0.4) is 0 Å². The van der Waals surface area contributed by atoms with Gasteiger partial charge in [-0.15, -0.1) is 10.2 Å². The topological polar surface area (TPSA) is 30.7 Å². The van der Waals surface area contributed by atoms with Gasteiger partial charge in [0.15, 0.2) is 0 Å². The van der Waals surface area contributed by atoms with Crippen molar-refractivity contribution < 1.29 is 0 Å². The summed E-state index contributed by atoms with van der Waals surface area (Å²) in [5.74, 6) is 0. The van der Waals surface area contributed by atoms with Crippen LogP contribution in [0.5, 0.6) is 0 Å². The Kier molecular flexibility index (Phi) is 3.57. The maximum Gasteiger partial charge on any atom is 0.229 e. The van der Waals surface area contributed by atoms with Gasteiger partial charge in [0.25, 0.3) is 0 Å². The molecule has 4 heteroatoms. The van der Waals surface area contributed by atoms with Crippen LogP contribution in [0, 0.1) is 0 Å². The molecule has 0 saturated heterocycles. The molecule has 2 rings (SSSR count). The van der Waals surface area contributed by atoms with Crippen LogP contribution in [-0.4, -0.2) is 14.8 Å². The second-order valence-electron chi connectivity index (χ2n) is 3.74. The predicted octanol–water partition coefficient (Wildman–Crippen LogP) is 3.26. The molecule has 0 aliphatic carbocycles. The van der Waals surface area contributed by atoms with Gasteiger partial charge in [-0.2, -0.15) is 0 Å². The van der Waals surface area contributed by atoms with Crippen molar-refractivity contribution in [2.45, 2.75) is 26.2 Å². The van der Waals surface area contributed by atoms with Crippen molar-refractivity contribution in [3.63, 3.8) is 0 Å². The molecule has 16 heavy (non-hydrogen) atoms. The fraction of sp³-hybridized carbons (Fsp3) is 0.333. The third kappa shape index (κ3) is 2.42. The molecule has 0 spiro atoms. The zero-order valence-corrected chi connectivity index (χ0v) is 9.98. The highest BCUT2D eigenvalue weighted by Gasteiger charge is 2.02. The molecule has 0 amide bonds. The molecule has 3 nitrogen and oxygen atoms in total. The Hall–Kier alpha value is -1.35. The van der Waals surface area contributed by atoms with Crippen molar-refractivity contribution in [1.29, 1.82) is 0 Å². The van der Waals surface area contributed by atoms with Gasteiger partial charge in [0.05, 0.1) is 0 Å². The molecule has 0 fully saturated rings. The molecule has 0 aliphatic heterocycles. The molecule has 1 aromatic heterocycles. The largest absolute Gasteiger partial charge is 0.272 e. The summed E-state index contributed by atoms with van der Waals surface area (Å²) in [6, 6.07) is 8.34. The van der Waals surface area contributed by atoms with Gasteiger partial charge in [-0.05, 0) is 42.1 Å². The van der Waals surface area contributed by atoms with E-state index in [0.717, 1.165) is 12.1 Å². The molecule has 0 saturated carbocycles. The summed E-state index contributed by atoms with van der Waals surface area (Å²) in [7, 11) is 0. The van der Waals surface area contributed by atoms with E-state index in [1.54, 1.807) is 10.9 Å². The fourth-order valence-electron chi connectivity index (χ4n) is 1.60. The van der Waals surface area contributed by atoms with Gasteiger partial charge in [-0.25, -0.2) is 0 Å². The van der Waals surface area contributed by atoms with Crippen LogP contribution >= 0.6 is 11.6 Å². The first kappa shape index (κ1) is 11.1. The van der Waals surface area contributed by atoms with Gasteiger partial charge in [0.1, 0.15) is 6.33 Å². The van der Waals surface area contributed by atoms with E-state index >= 15 is 0 Å². The molecular weight excluding hydrogens is 222 g/mol. The average molecular weight is 236 g/mol. The van der Waals surface area contributed by atoms with Crippen molar-refractivity contribution in [3.05, 3.63) is 41.4 Å². The van der Waals surface area contributed by atoms with Gasteiger partial charge in [-0.3, -0.25) is 4.57 Å². The third-order valence-corrected chi connectivity index (χ3v) is 2.80. The van der Waals surface area contributed by atoms with E-state index in [2.05, 4.69) is 29.3 Å². The molecule has 0 N–H and O–H groups in total. The third-order valence-electron chi connectivity index (χ3n) is 2.54. The fourth-order valence-corrected chi connectivity index (χ4v) is 1.78. The zero-order valence-electron chi connectivity index (χ0n) is 9.23. The Morgan fingerprint density at radius 1 is 1.25 bits per heavy atom. The minimum Gasteiger partial charge on any atom is -0.272 e. The molecule has 1 aromatic carbocycles. The zero-order chi connectivity index (χ0) is 11.4. The Bertz CT molecular complexity index is 448. The summed E-state index contributed by atoms with van der Waals surface area (Å²) in [4.78, 5) is 0. The van der Waals surface area contributed by atoms with Crippen LogP contribution in [-0.2, 0) is 6.42 Å². The quantitative estimate of drug-likeness (QED) is 0.815. The first-order chi connectivity index (χ1) is 7.81. The summed E-state index contributed by atoms with van der Waals surface area (Å²) >= 11 is 5.89. The number of benzene rings is 1. The van der Waals surface area contributed by atoms with Crippen molar-refractivity contribution >= 4 is 11.6 Å². The predicted molar refractivity (Wildman–Crippen MR) is 65.0 cm³/mol. The lowest BCUT2D eigenvalue weighted by molar-refractivity contribution is 0.795. The van der Waals surface area contributed by atoms with Crippen LogP contribution in [0.4, 0.5) is 0 Å². The minimum absolute atomic E-state index is 0.390. The number of aromatic nitrogens is 3. The number of hydrogen-bond acceptors (Lipinski definition) is 2. The van der Waals surface area contributed by atoms with E-state index in [4.69, 9.17) is 11.6 Å². The second kappa shape index (κ2) is 5.12. The monoisotopic (exact) mass is 235 g/mol. The van der Waals surface area contributed by atoms with Gasteiger partial charge in [-0.1, -0.05) is 25.5 Å². The molecule has 0 bridgehead atoms. The normalized spacial score (nSPS) is 10.6. The van der Waals surface area contributed by atoms with Crippen LogP contribution < -0.4 is 0 Å². The van der Waals surface area contributed by atoms with Gasteiger partial charge < -0.3 is 0 Å². The first-order valence-electron chi connectivity index (χ1n) is 5.46. The molecule has 84 valence electrons. The van der Waals surface area contributed by atoms with E-state index in [9.17, 15) is 0 Å². The Morgan fingerprint density at radius 2 is 2.00 bits per heavy atom. The standard InChI is InChI=1S/C12H14ClN3/c1-2-3-4-10-5-7-11(8-6-10)16-9-14-15-12(16)13/h5-9H,2-4H2,1H3. The molecule has 0 radical (unpaired) electrons.